The van der Waals surface area contributed by atoms with E-state index in [4.69, 9.17) is 5.26 Å². The van der Waals surface area contributed by atoms with Gasteiger partial charge in [0.25, 0.3) is 0 Å². The van der Waals surface area contributed by atoms with Crippen LogP contribution in [-0.4, -0.2) is 0 Å². The third kappa shape index (κ3) is 1.38. The maximum Gasteiger partial charge on any atom is 0.0991 e. The van der Waals surface area contributed by atoms with E-state index in [9.17, 15) is 0 Å². The summed E-state index contributed by atoms with van der Waals surface area (Å²) in [5, 5.41) is 9.05. The summed E-state index contributed by atoms with van der Waals surface area (Å²) in [5.41, 5.74) is 5.74. The maximum absolute atomic E-state index is 9.05. The van der Waals surface area contributed by atoms with Crippen LogP contribution >= 0.6 is 15.9 Å². The van der Waals surface area contributed by atoms with Crippen LogP contribution in [0.25, 0.3) is 11.1 Å². The molecule has 2 aromatic rings. The number of halogens is 1. The van der Waals surface area contributed by atoms with Crippen LogP contribution in [0.15, 0.2) is 40.9 Å². The fourth-order valence-corrected chi connectivity index (χ4v) is 3.75. The minimum absolute atomic E-state index is 0.0579. The molecule has 2 heteroatoms. The van der Waals surface area contributed by atoms with Crippen molar-refractivity contribution in [1.29, 1.82) is 5.26 Å². The highest BCUT2D eigenvalue weighted by molar-refractivity contribution is 9.10. The maximum atomic E-state index is 9.05. The summed E-state index contributed by atoms with van der Waals surface area (Å²) in [6.45, 7) is 4.42. The average molecular weight is 298 g/mol. The lowest BCUT2D eigenvalue weighted by molar-refractivity contribution is 0.657. The molecule has 0 aromatic heterocycles. The zero-order valence-electron chi connectivity index (χ0n) is 10.3. The highest BCUT2D eigenvalue weighted by atomic mass is 79.9. The Labute approximate surface area is 115 Å². The van der Waals surface area contributed by atoms with Crippen LogP contribution in [0.2, 0.25) is 0 Å². The molecule has 1 aliphatic carbocycles. The second-order valence-corrected chi connectivity index (χ2v) is 6.01. The summed E-state index contributed by atoms with van der Waals surface area (Å²) in [6, 6.07) is 14.5. The molecule has 0 atom stereocenters. The van der Waals surface area contributed by atoms with Gasteiger partial charge in [-0.2, -0.15) is 5.26 Å². The first-order chi connectivity index (χ1) is 8.55. The zero-order valence-corrected chi connectivity index (χ0v) is 11.9. The molecule has 0 unspecified atom stereocenters. The third-order valence-corrected chi connectivity index (χ3v) is 4.41. The third-order valence-electron chi connectivity index (χ3n) is 3.75. The van der Waals surface area contributed by atoms with Gasteiger partial charge in [-0.1, -0.05) is 48.0 Å². The summed E-state index contributed by atoms with van der Waals surface area (Å²) >= 11 is 3.65. The first-order valence-electron chi connectivity index (χ1n) is 5.89. The molecule has 0 N–H and O–H groups in total. The van der Waals surface area contributed by atoms with Crippen molar-refractivity contribution in [1.82, 2.24) is 0 Å². The average Bonchev–Trinajstić information content (AvgIpc) is 2.59. The van der Waals surface area contributed by atoms with E-state index in [-0.39, 0.29) is 5.41 Å². The largest absolute Gasteiger partial charge is 0.192 e. The van der Waals surface area contributed by atoms with E-state index in [0.29, 0.717) is 0 Å². The lowest BCUT2D eigenvalue weighted by atomic mass is 9.82. The fourth-order valence-electron chi connectivity index (χ4n) is 2.88. The van der Waals surface area contributed by atoms with Gasteiger partial charge in [-0.15, -0.1) is 0 Å². The van der Waals surface area contributed by atoms with Crippen LogP contribution in [0.3, 0.4) is 0 Å². The smallest absolute Gasteiger partial charge is 0.0991 e. The van der Waals surface area contributed by atoms with Gasteiger partial charge >= 0.3 is 0 Å². The second-order valence-electron chi connectivity index (χ2n) is 5.16. The minimum Gasteiger partial charge on any atom is -0.192 e. The molecule has 0 heterocycles. The Balaban J connectivity index is 2.39. The number of hydrogen-bond acceptors (Lipinski definition) is 1. The molecule has 0 saturated carbocycles. The van der Waals surface area contributed by atoms with Crippen LogP contribution in [0.5, 0.6) is 0 Å². The Bertz CT molecular complexity index is 693. The van der Waals surface area contributed by atoms with Gasteiger partial charge in [0.15, 0.2) is 0 Å². The van der Waals surface area contributed by atoms with Crippen LogP contribution in [0, 0.1) is 11.3 Å². The molecule has 0 bridgehead atoms. The van der Waals surface area contributed by atoms with Crippen LogP contribution in [-0.2, 0) is 5.41 Å². The predicted octanol–water partition coefficient (Wildman–Crippen LogP) is 4.63. The first-order valence-corrected chi connectivity index (χ1v) is 6.69. The molecule has 3 rings (SSSR count). The molecule has 0 aliphatic heterocycles. The summed E-state index contributed by atoms with van der Waals surface area (Å²) in [6.07, 6.45) is 0. The van der Waals surface area contributed by atoms with Crippen molar-refractivity contribution in [2.24, 2.45) is 0 Å². The van der Waals surface area contributed by atoms with Crippen molar-refractivity contribution >= 4 is 15.9 Å². The van der Waals surface area contributed by atoms with Gasteiger partial charge in [0.1, 0.15) is 0 Å². The molecule has 0 fully saturated rings. The molecule has 0 spiro atoms. The van der Waals surface area contributed by atoms with E-state index < -0.39 is 0 Å². The monoisotopic (exact) mass is 297 g/mol. The van der Waals surface area contributed by atoms with E-state index in [1.807, 2.05) is 12.1 Å². The summed E-state index contributed by atoms with van der Waals surface area (Å²) in [5.74, 6) is 0. The highest BCUT2D eigenvalue weighted by Gasteiger charge is 2.36. The SMILES string of the molecule is CC1(C)c2cc(C#N)ccc2-c2cccc(Br)c21. The van der Waals surface area contributed by atoms with Crippen molar-refractivity contribution in [3.63, 3.8) is 0 Å². The van der Waals surface area contributed by atoms with E-state index >= 15 is 0 Å². The number of hydrogen-bond donors (Lipinski definition) is 0. The minimum atomic E-state index is -0.0579. The standard InChI is InChI=1S/C16H12BrN/c1-16(2)13-8-10(9-18)6-7-11(13)12-4-3-5-14(17)15(12)16/h3-8H,1-2H3. The van der Waals surface area contributed by atoms with Crippen molar-refractivity contribution < 1.29 is 0 Å². The van der Waals surface area contributed by atoms with Gasteiger partial charge in [-0.05, 0) is 40.5 Å². The van der Waals surface area contributed by atoms with E-state index in [0.717, 1.165) is 10.0 Å². The number of nitrogens with zero attached hydrogens (tertiary/aromatic N) is 1. The van der Waals surface area contributed by atoms with E-state index in [1.54, 1.807) is 0 Å². The molecule has 0 saturated heterocycles. The molecule has 1 nitrogen and oxygen atoms in total. The van der Waals surface area contributed by atoms with Crippen molar-refractivity contribution in [2.75, 3.05) is 0 Å². The van der Waals surface area contributed by atoms with Crippen LogP contribution in [0.4, 0.5) is 0 Å². The lowest BCUT2D eigenvalue weighted by Crippen LogP contribution is -2.15. The molecule has 0 radical (unpaired) electrons. The molecular formula is C16H12BrN. The van der Waals surface area contributed by atoms with Crippen LogP contribution < -0.4 is 0 Å². The Hall–Kier alpha value is -1.59. The number of nitriles is 1. The number of fused-ring (bicyclic) bond motifs is 3. The molecular weight excluding hydrogens is 286 g/mol. The van der Waals surface area contributed by atoms with E-state index in [2.05, 4.69) is 60.1 Å². The number of rotatable bonds is 0. The topological polar surface area (TPSA) is 23.8 Å². The van der Waals surface area contributed by atoms with Gasteiger partial charge in [0.05, 0.1) is 11.6 Å². The van der Waals surface area contributed by atoms with Crippen molar-refractivity contribution in [3.05, 3.63) is 57.6 Å². The van der Waals surface area contributed by atoms with Gasteiger partial charge in [-0.3, -0.25) is 0 Å². The van der Waals surface area contributed by atoms with Crippen molar-refractivity contribution in [3.8, 4) is 17.2 Å². The van der Waals surface area contributed by atoms with Gasteiger partial charge in [-0.25, -0.2) is 0 Å². The highest BCUT2D eigenvalue weighted by Crippen LogP contribution is 2.51. The predicted molar refractivity (Wildman–Crippen MR) is 76.4 cm³/mol. The summed E-state index contributed by atoms with van der Waals surface area (Å²) < 4.78 is 1.14. The molecule has 1 aliphatic rings. The zero-order chi connectivity index (χ0) is 12.9. The van der Waals surface area contributed by atoms with Gasteiger partial charge in [0.2, 0.25) is 0 Å². The second kappa shape index (κ2) is 3.70. The Morgan fingerprint density at radius 2 is 1.89 bits per heavy atom. The Morgan fingerprint density at radius 3 is 2.61 bits per heavy atom. The first kappa shape index (κ1) is 11.5. The normalized spacial score (nSPS) is 14.8. The van der Waals surface area contributed by atoms with Crippen molar-refractivity contribution in [2.45, 2.75) is 19.3 Å². The summed E-state index contributed by atoms with van der Waals surface area (Å²) in [7, 11) is 0. The molecule has 88 valence electrons. The van der Waals surface area contributed by atoms with Crippen LogP contribution in [0.1, 0.15) is 30.5 Å². The molecule has 18 heavy (non-hydrogen) atoms. The van der Waals surface area contributed by atoms with E-state index in [1.165, 1.54) is 22.3 Å². The fraction of sp³-hybridized carbons (Fsp3) is 0.188. The Morgan fingerprint density at radius 1 is 1.11 bits per heavy atom. The summed E-state index contributed by atoms with van der Waals surface area (Å²) in [4.78, 5) is 0. The number of benzene rings is 2. The Kier molecular flexibility index (Phi) is 2.36. The van der Waals surface area contributed by atoms with Gasteiger partial charge in [0, 0.05) is 9.89 Å². The van der Waals surface area contributed by atoms with Gasteiger partial charge < -0.3 is 0 Å². The lowest BCUT2D eigenvalue weighted by Gasteiger charge is -2.22. The molecule has 0 amide bonds. The molecule has 2 aromatic carbocycles. The quantitative estimate of drug-likeness (QED) is 0.696.